The lowest BCUT2D eigenvalue weighted by Gasteiger charge is -2.21. The molecule has 0 amide bonds. The van der Waals surface area contributed by atoms with E-state index in [2.05, 4.69) is 65.8 Å². The van der Waals surface area contributed by atoms with Gasteiger partial charge in [0.25, 0.3) is 0 Å². The molecule has 0 aliphatic heterocycles. The van der Waals surface area contributed by atoms with Crippen LogP contribution in [0.4, 0.5) is 0 Å². The maximum absolute atomic E-state index is 13.1. The molecule has 0 aromatic heterocycles. The fourth-order valence-electron chi connectivity index (χ4n) is 12.5. The molecular weight excluding hydrogens is 1340 g/mol. The van der Waals surface area contributed by atoms with E-state index in [0.29, 0.717) is 25.7 Å². The van der Waals surface area contributed by atoms with E-state index in [4.69, 9.17) is 37.0 Å². The number of unbranched alkanes of at least 4 members (excludes halogenated alkanes) is 47. The molecule has 0 rings (SSSR count). The summed E-state index contributed by atoms with van der Waals surface area (Å²) in [6.45, 7) is 9.59. The van der Waals surface area contributed by atoms with E-state index in [1.807, 2.05) is 0 Å². The van der Waals surface area contributed by atoms with E-state index in [-0.39, 0.29) is 25.7 Å². The zero-order valence-electron chi connectivity index (χ0n) is 67.1. The number of ether oxygens (including phenoxy) is 4. The summed E-state index contributed by atoms with van der Waals surface area (Å²) in [7, 11) is -9.94. The Kier molecular flexibility index (Phi) is 73.2. The summed E-state index contributed by atoms with van der Waals surface area (Å²) in [4.78, 5) is 73.1. The average molecular weight is 1500 g/mol. The third-order valence-electron chi connectivity index (χ3n) is 19.4. The summed E-state index contributed by atoms with van der Waals surface area (Å²) in [5.41, 5.74) is 0. The van der Waals surface area contributed by atoms with Gasteiger partial charge in [-0.2, -0.15) is 0 Å². The Morgan fingerprint density at radius 2 is 0.573 bits per heavy atom. The Hall–Kier alpha value is -2.46. The molecule has 0 spiro atoms. The van der Waals surface area contributed by atoms with Crippen molar-refractivity contribution in [3.8, 4) is 0 Å². The van der Waals surface area contributed by atoms with Gasteiger partial charge in [-0.3, -0.25) is 37.3 Å². The second-order valence-corrected chi connectivity index (χ2v) is 33.2. The quantitative estimate of drug-likeness (QED) is 0.0169. The van der Waals surface area contributed by atoms with Gasteiger partial charge in [-0.05, 0) is 63.2 Å². The monoisotopic (exact) mass is 1500 g/mol. The second-order valence-electron chi connectivity index (χ2n) is 30.3. The van der Waals surface area contributed by atoms with Crippen molar-refractivity contribution in [2.24, 2.45) is 11.8 Å². The highest BCUT2D eigenvalue weighted by molar-refractivity contribution is 7.47. The third kappa shape index (κ3) is 76.1. The summed E-state index contributed by atoms with van der Waals surface area (Å²) in [6.07, 6.45) is 68.8. The minimum absolute atomic E-state index is 0.102. The Balaban J connectivity index is 5.28. The highest BCUT2D eigenvalue weighted by atomic mass is 31.2. The molecule has 19 heteroatoms. The van der Waals surface area contributed by atoms with Crippen LogP contribution in [0.5, 0.6) is 0 Å². The Labute approximate surface area is 631 Å². The first-order chi connectivity index (χ1) is 49.9. The van der Waals surface area contributed by atoms with Gasteiger partial charge in [0, 0.05) is 25.7 Å². The fraction of sp³-hybridized carbons (Fsp3) is 0.905. The van der Waals surface area contributed by atoms with Gasteiger partial charge >= 0.3 is 39.5 Å². The van der Waals surface area contributed by atoms with Crippen molar-refractivity contribution in [1.82, 2.24) is 0 Å². The Bertz CT molecular complexity index is 2070. The van der Waals surface area contributed by atoms with Gasteiger partial charge in [0.15, 0.2) is 12.2 Å². The smallest absolute Gasteiger partial charge is 0.462 e. The molecule has 0 fully saturated rings. The van der Waals surface area contributed by atoms with Gasteiger partial charge < -0.3 is 33.8 Å². The third-order valence-corrected chi connectivity index (χ3v) is 21.3. The van der Waals surface area contributed by atoms with Crippen LogP contribution >= 0.6 is 15.6 Å². The van der Waals surface area contributed by atoms with Crippen molar-refractivity contribution in [1.29, 1.82) is 0 Å². The van der Waals surface area contributed by atoms with Gasteiger partial charge in [0.05, 0.1) is 26.4 Å². The van der Waals surface area contributed by atoms with Gasteiger partial charge in [-0.25, -0.2) is 9.13 Å². The predicted molar refractivity (Wildman–Crippen MR) is 423 cm³/mol. The Morgan fingerprint density at radius 3 is 0.874 bits per heavy atom. The number of phosphoric ester groups is 2. The largest absolute Gasteiger partial charge is 0.472 e. The van der Waals surface area contributed by atoms with Crippen LogP contribution < -0.4 is 0 Å². The molecule has 0 aliphatic rings. The van der Waals surface area contributed by atoms with Gasteiger partial charge in [-0.1, -0.05) is 368 Å². The molecule has 0 radical (unpaired) electrons. The molecular formula is C84H160O17P2. The number of hydrogen-bond acceptors (Lipinski definition) is 15. The number of esters is 4. The number of allylic oxidation sites excluding steroid dienone is 4. The van der Waals surface area contributed by atoms with Gasteiger partial charge in [-0.15, -0.1) is 0 Å². The van der Waals surface area contributed by atoms with E-state index in [1.54, 1.807) is 0 Å². The van der Waals surface area contributed by atoms with Crippen LogP contribution in [0.1, 0.15) is 420 Å². The molecule has 0 heterocycles. The van der Waals surface area contributed by atoms with Crippen LogP contribution in [0.25, 0.3) is 0 Å². The lowest BCUT2D eigenvalue weighted by atomic mass is 9.99. The lowest BCUT2D eigenvalue weighted by molar-refractivity contribution is -0.161. The zero-order valence-corrected chi connectivity index (χ0v) is 68.9. The van der Waals surface area contributed by atoms with Crippen LogP contribution in [0.2, 0.25) is 0 Å². The molecule has 0 saturated carbocycles. The van der Waals surface area contributed by atoms with Gasteiger partial charge in [0.2, 0.25) is 0 Å². The van der Waals surface area contributed by atoms with Crippen LogP contribution in [-0.2, 0) is 65.4 Å². The number of carbonyl (C=O) groups excluding carboxylic acids is 4. The van der Waals surface area contributed by atoms with Crippen LogP contribution in [0.15, 0.2) is 24.3 Å². The van der Waals surface area contributed by atoms with Gasteiger partial charge in [0.1, 0.15) is 19.3 Å². The SMILES string of the molecule is CCCCCC/C=C\C=C/CCCCCCCC(=O)OC[C@H](COP(=O)(O)OC[C@@H](O)COP(=O)(O)OC[C@@H](COC(=O)CCCCCCCCCCC(C)CC)OC(=O)CCCCCCCCCCCCCCC(C)C)OC(=O)CCCCCCCCCCCCCCCCCCCCCCC. The van der Waals surface area contributed by atoms with Crippen molar-refractivity contribution in [3.05, 3.63) is 24.3 Å². The van der Waals surface area contributed by atoms with Crippen molar-refractivity contribution >= 4 is 39.5 Å². The fourth-order valence-corrected chi connectivity index (χ4v) is 14.1. The van der Waals surface area contributed by atoms with Crippen LogP contribution in [0, 0.1) is 11.8 Å². The standard InChI is InChI=1S/C84H160O17P2/c1-7-10-12-14-16-18-20-22-24-25-26-27-28-29-31-33-38-42-50-56-62-68-83(88)100-79(72-94-81(86)66-60-54-48-41-37-32-30-23-21-19-17-15-13-11-8-2)74-98-102(90,91)96-70-78(85)71-97-103(92,93)99-75-80(73-95-82(87)67-61-55-49-45-44-47-53-59-65-77(6)9-3)101-84(89)69-63-57-51-43-39-35-34-36-40-46-52-58-64-76(4)5/h19,21,23,30,76-80,85H,7-18,20,22,24-29,31-75H2,1-6H3,(H,90,91)(H,92,93)/b21-19-,30-23-/t77?,78-,79-,80-/m1/s1. The van der Waals surface area contributed by atoms with E-state index < -0.39 is 97.5 Å². The summed E-state index contributed by atoms with van der Waals surface area (Å²) < 4.78 is 68.8. The molecule has 3 N–H and O–H groups in total. The highest BCUT2D eigenvalue weighted by Gasteiger charge is 2.30. The molecule has 0 aromatic rings. The number of hydrogen-bond donors (Lipinski definition) is 3. The van der Waals surface area contributed by atoms with Crippen LogP contribution in [-0.4, -0.2) is 96.7 Å². The molecule has 0 saturated heterocycles. The van der Waals surface area contributed by atoms with Crippen molar-refractivity contribution in [3.63, 3.8) is 0 Å². The minimum Gasteiger partial charge on any atom is -0.462 e. The number of rotatable bonds is 81. The average Bonchev–Trinajstić information content (AvgIpc) is 0.912. The van der Waals surface area contributed by atoms with E-state index in [0.717, 1.165) is 121 Å². The summed E-state index contributed by atoms with van der Waals surface area (Å²) in [6, 6.07) is 0. The normalized spacial score (nSPS) is 14.3. The summed E-state index contributed by atoms with van der Waals surface area (Å²) >= 11 is 0. The Morgan fingerprint density at radius 1 is 0.320 bits per heavy atom. The minimum atomic E-state index is -4.97. The zero-order chi connectivity index (χ0) is 75.6. The molecule has 3 unspecified atom stereocenters. The highest BCUT2D eigenvalue weighted by Crippen LogP contribution is 2.45. The maximum atomic E-state index is 13.1. The van der Waals surface area contributed by atoms with E-state index in [1.165, 1.54) is 218 Å². The number of carbonyl (C=O) groups is 4. The molecule has 0 aliphatic carbocycles. The number of phosphoric acid groups is 2. The van der Waals surface area contributed by atoms with Crippen molar-refractivity contribution in [2.45, 2.75) is 439 Å². The van der Waals surface area contributed by atoms with Crippen molar-refractivity contribution < 1.29 is 80.2 Å². The van der Waals surface area contributed by atoms with E-state index in [9.17, 15) is 43.2 Å². The second kappa shape index (κ2) is 75.0. The molecule has 0 aromatic carbocycles. The first kappa shape index (κ1) is 101. The molecule has 6 atom stereocenters. The molecule has 17 nitrogen and oxygen atoms in total. The first-order valence-electron chi connectivity index (χ1n) is 42.8. The molecule has 103 heavy (non-hydrogen) atoms. The molecule has 0 bridgehead atoms. The predicted octanol–water partition coefficient (Wildman–Crippen LogP) is 25.0. The summed E-state index contributed by atoms with van der Waals surface area (Å²) in [5.74, 6) is -0.585. The molecule has 608 valence electrons. The topological polar surface area (TPSA) is 237 Å². The number of aliphatic hydroxyl groups excluding tert-OH is 1. The van der Waals surface area contributed by atoms with Crippen LogP contribution in [0.3, 0.4) is 0 Å². The maximum Gasteiger partial charge on any atom is 0.472 e. The van der Waals surface area contributed by atoms with E-state index >= 15 is 0 Å². The lowest BCUT2D eigenvalue weighted by Crippen LogP contribution is -2.30. The summed E-state index contributed by atoms with van der Waals surface area (Å²) in [5, 5.41) is 10.7. The first-order valence-corrected chi connectivity index (χ1v) is 45.8. The number of aliphatic hydroxyl groups is 1. The van der Waals surface area contributed by atoms with Crippen molar-refractivity contribution in [2.75, 3.05) is 39.6 Å².